The molecule has 4 N–H and O–H groups in total. The maximum absolute atomic E-state index is 12.8. The van der Waals surface area contributed by atoms with Crippen LogP contribution in [0.2, 0.25) is 0 Å². The number of rotatable bonds is 3. The largest absolute Gasteiger partial charge is 0.416 e. The summed E-state index contributed by atoms with van der Waals surface area (Å²) >= 11 is 0. The Morgan fingerprint density at radius 1 is 1.10 bits per heavy atom. The maximum atomic E-state index is 12.8. The molecule has 11 heteroatoms. The number of nitrogen functional groups attached to an aromatic ring is 1. The van der Waals surface area contributed by atoms with Crippen LogP contribution in [0.4, 0.5) is 24.7 Å². The van der Waals surface area contributed by atoms with Gasteiger partial charge in [0.2, 0.25) is 10.0 Å². The van der Waals surface area contributed by atoms with Crippen LogP contribution in [0.25, 0.3) is 11.3 Å². The van der Waals surface area contributed by atoms with Crippen molar-refractivity contribution in [2.24, 2.45) is 0 Å². The van der Waals surface area contributed by atoms with Crippen LogP contribution in [0.3, 0.4) is 0 Å². The van der Waals surface area contributed by atoms with Crippen LogP contribution >= 0.6 is 0 Å². The molecule has 0 unspecified atom stereocenters. The molecule has 1 fully saturated rings. The number of halogens is 3. The minimum atomic E-state index is -4.60. The van der Waals surface area contributed by atoms with Crippen molar-refractivity contribution in [3.8, 4) is 11.3 Å². The third kappa shape index (κ3) is 7.17. The van der Waals surface area contributed by atoms with Crippen LogP contribution in [0, 0.1) is 6.92 Å². The summed E-state index contributed by atoms with van der Waals surface area (Å²) in [4.78, 5) is 0. The van der Waals surface area contributed by atoms with E-state index in [4.69, 9.17) is 5.73 Å². The van der Waals surface area contributed by atoms with E-state index in [1.807, 2.05) is 0 Å². The molecule has 1 aliphatic heterocycles. The SMILES string of the molecule is C1CCNCC1.Cc1cc(N)nnc1-c1ccc(C(F)(F)F)cc1NS(C)(=O)=O. The fourth-order valence-corrected chi connectivity index (χ4v) is 3.35. The van der Waals surface area contributed by atoms with Crippen molar-refractivity contribution in [3.05, 3.63) is 35.4 Å². The molecule has 3 rings (SSSR count). The highest BCUT2D eigenvalue weighted by Gasteiger charge is 2.31. The van der Waals surface area contributed by atoms with E-state index in [1.54, 1.807) is 6.92 Å². The standard InChI is InChI=1S/C13H13F3N4O2S.C5H11N/c1-7-5-11(17)18-19-12(7)9-4-3-8(13(14,15)16)6-10(9)20-23(2,21)22;1-2-4-6-5-3-1/h3-6,20H,1-2H3,(H2,17,18);6H,1-5H2. The average Bonchev–Trinajstić information content (AvgIpc) is 2.62. The molecule has 0 aliphatic carbocycles. The summed E-state index contributed by atoms with van der Waals surface area (Å²) in [6, 6.07) is 4.20. The van der Waals surface area contributed by atoms with E-state index in [-0.39, 0.29) is 22.8 Å². The van der Waals surface area contributed by atoms with Crippen LogP contribution < -0.4 is 15.8 Å². The second-order valence-electron chi connectivity index (χ2n) is 6.74. The molecule has 2 heterocycles. The van der Waals surface area contributed by atoms with Gasteiger partial charge in [-0.25, -0.2) is 8.42 Å². The highest BCUT2D eigenvalue weighted by Crippen LogP contribution is 2.36. The van der Waals surface area contributed by atoms with E-state index in [0.717, 1.165) is 18.4 Å². The highest BCUT2D eigenvalue weighted by molar-refractivity contribution is 7.92. The highest BCUT2D eigenvalue weighted by atomic mass is 32.2. The number of nitrogens with zero attached hydrogens (tertiary/aromatic N) is 2. The molecule has 7 nitrogen and oxygen atoms in total. The number of aryl methyl sites for hydroxylation is 1. The summed E-state index contributed by atoms with van der Waals surface area (Å²) in [6.45, 7) is 4.14. The third-order valence-electron chi connectivity index (χ3n) is 4.11. The molecule has 1 saturated heterocycles. The topological polar surface area (TPSA) is 110 Å². The number of nitrogens with two attached hydrogens (primary N) is 1. The van der Waals surface area contributed by atoms with E-state index in [1.165, 1.54) is 38.4 Å². The number of piperidine rings is 1. The van der Waals surface area contributed by atoms with E-state index in [9.17, 15) is 21.6 Å². The first-order valence-electron chi connectivity index (χ1n) is 8.97. The quantitative estimate of drug-likeness (QED) is 0.689. The number of alkyl halides is 3. The van der Waals surface area contributed by atoms with Gasteiger partial charge in [0, 0.05) is 5.56 Å². The lowest BCUT2D eigenvalue weighted by Gasteiger charge is -2.15. The van der Waals surface area contributed by atoms with E-state index < -0.39 is 21.8 Å². The molecule has 0 radical (unpaired) electrons. The summed E-state index contributed by atoms with van der Waals surface area (Å²) in [5.74, 6) is 0.149. The zero-order chi connectivity index (χ0) is 21.7. The summed E-state index contributed by atoms with van der Waals surface area (Å²) in [7, 11) is -3.78. The average molecular weight is 431 g/mol. The number of benzene rings is 1. The zero-order valence-corrected chi connectivity index (χ0v) is 17.0. The number of hydrogen-bond acceptors (Lipinski definition) is 6. The lowest BCUT2D eigenvalue weighted by atomic mass is 10.0. The molecule has 0 atom stereocenters. The number of nitrogens with one attached hydrogen (secondary N) is 2. The number of sulfonamides is 1. The second kappa shape index (κ2) is 9.40. The van der Waals surface area contributed by atoms with Gasteiger partial charge < -0.3 is 11.1 Å². The minimum Gasteiger partial charge on any atom is -0.382 e. The van der Waals surface area contributed by atoms with E-state index >= 15 is 0 Å². The lowest BCUT2D eigenvalue weighted by Crippen LogP contribution is -2.21. The Hall–Kier alpha value is -2.40. The van der Waals surface area contributed by atoms with Gasteiger partial charge in [0.25, 0.3) is 0 Å². The lowest BCUT2D eigenvalue weighted by molar-refractivity contribution is -0.137. The van der Waals surface area contributed by atoms with Crippen molar-refractivity contribution in [2.45, 2.75) is 32.4 Å². The Kier molecular flexibility index (Phi) is 7.42. The van der Waals surface area contributed by atoms with Gasteiger partial charge in [-0.3, -0.25) is 4.72 Å². The second-order valence-corrected chi connectivity index (χ2v) is 8.49. The molecule has 0 bridgehead atoms. The first-order chi connectivity index (χ1) is 13.5. The van der Waals surface area contributed by atoms with E-state index in [2.05, 4.69) is 20.2 Å². The molecule has 1 aromatic carbocycles. The van der Waals surface area contributed by atoms with E-state index in [0.29, 0.717) is 11.6 Å². The monoisotopic (exact) mass is 431 g/mol. The molecule has 2 aromatic rings. The summed E-state index contributed by atoms with van der Waals surface area (Å²) in [5.41, 5.74) is 5.24. The van der Waals surface area contributed by atoms with Crippen molar-refractivity contribution in [3.63, 3.8) is 0 Å². The van der Waals surface area contributed by atoms with Crippen molar-refractivity contribution in [2.75, 3.05) is 29.8 Å². The Morgan fingerprint density at radius 2 is 1.76 bits per heavy atom. The van der Waals surface area contributed by atoms with Gasteiger partial charge in [-0.05, 0) is 56.6 Å². The predicted molar refractivity (Wildman–Crippen MR) is 107 cm³/mol. The third-order valence-corrected chi connectivity index (χ3v) is 4.70. The Morgan fingerprint density at radius 3 is 2.21 bits per heavy atom. The van der Waals surface area contributed by atoms with Gasteiger partial charge in [0.1, 0.15) is 5.82 Å². The smallest absolute Gasteiger partial charge is 0.382 e. The van der Waals surface area contributed by atoms with Gasteiger partial charge in [0.05, 0.1) is 23.2 Å². The van der Waals surface area contributed by atoms with Crippen molar-refractivity contribution >= 4 is 21.5 Å². The first-order valence-corrected chi connectivity index (χ1v) is 10.9. The Bertz CT molecular complexity index is 933. The molecule has 0 spiro atoms. The summed E-state index contributed by atoms with van der Waals surface area (Å²) < 4.78 is 63.5. The number of aromatic nitrogens is 2. The maximum Gasteiger partial charge on any atom is 0.416 e. The number of anilines is 2. The zero-order valence-electron chi connectivity index (χ0n) is 16.2. The Labute approximate surface area is 168 Å². The molecule has 160 valence electrons. The summed E-state index contributed by atoms with van der Waals surface area (Å²) in [6.07, 6.45) is 0.458. The fourth-order valence-electron chi connectivity index (χ4n) is 2.78. The number of hydrogen-bond donors (Lipinski definition) is 3. The molecule has 29 heavy (non-hydrogen) atoms. The molecular formula is C18H24F3N5O2S. The van der Waals surface area contributed by atoms with Crippen molar-refractivity contribution in [1.82, 2.24) is 15.5 Å². The molecule has 1 aliphatic rings. The van der Waals surface area contributed by atoms with Crippen molar-refractivity contribution < 1.29 is 21.6 Å². The summed E-state index contributed by atoms with van der Waals surface area (Å²) in [5, 5.41) is 10.8. The van der Waals surface area contributed by atoms with Gasteiger partial charge in [0.15, 0.2) is 0 Å². The van der Waals surface area contributed by atoms with Crippen molar-refractivity contribution in [1.29, 1.82) is 0 Å². The van der Waals surface area contributed by atoms with Gasteiger partial charge in [-0.2, -0.15) is 13.2 Å². The van der Waals surface area contributed by atoms with Crippen LogP contribution in [-0.4, -0.2) is 38.0 Å². The van der Waals surface area contributed by atoms with Crippen LogP contribution in [-0.2, 0) is 16.2 Å². The molecule has 1 aromatic heterocycles. The minimum absolute atomic E-state index is 0.149. The molecule has 0 saturated carbocycles. The fraction of sp³-hybridized carbons (Fsp3) is 0.444. The van der Waals surface area contributed by atoms with Crippen LogP contribution in [0.15, 0.2) is 24.3 Å². The Balaban J connectivity index is 0.000000426. The van der Waals surface area contributed by atoms with Crippen LogP contribution in [0.1, 0.15) is 30.4 Å². The molecular weight excluding hydrogens is 407 g/mol. The van der Waals surface area contributed by atoms with Gasteiger partial charge in [-0.1, -0.05) is 12.5 Å². The van der Waals surface area contributed by atoms with Crippen LogP contribution in [0.5, 0.6) is 0 Å². The van der Waals surface area contributed by atoms with Gasteiger partial charge >= 0.3 is 6.18 Å². The normalized spacial score (nSPS) is 14.7. The molecule has 0 amide bonds. The predicted octanol–water partition coefficient (Wildman–Crippen LogP) is 3.18. The van der Waals surface area contributed by atoms with Gasteiger partial charge in [-0.15, -0.1) is 10.2 Å². The first kappa shape index (κ1) is 22.9.